The maximum atomic E-state index is 5.35. The van der Waals surface area contributed by atoms with Gasteiger partial charge in [-0.1, -0.05) is 6.07 Å². The number of guanidine groups is 1. The summed E-state index contributed by atoms with van der Waals surface area (Å²) in [6.45, 7) is 6.25. The van der Waals surface area contributed by atoms with Gasteiger partial charge in [0.2, 0.25) is 0 Å². The van der Waals surface area contributed by atoms with E-state index in [4.69, 9.17) is 9.47 Å². The predicted molar refractivity (Wildman–Crippen MR) is 96.2 cm³/mol. The van der Waals surface area contributed by atoms with E-state index in [1.807, 2.05) is 18.2 Å². The smallest absolute Gasteiger partial charge is 0.191 e. The number of nitrogens with zero attached hydrogens (tertiary/aromatic N) is 2. The first-order valence-corrected chi connectivity index (χ1v) is 8.59. The minimum absolute atomic E-state index is 0.708. The number of halogens is 1. The van der Waals surface area contributed by atoms with Crippen molar-refractivity contribution in [3.8, 4) is 5.75 Å². The molecule has 128 valence electrons. The predicted octanol–water partition coefficient (Wildman–Crippen LogP) is 1.45. The maximum Gasteiger partial charge on any atom is 0.191 e. The summed E-state index contributed by atoms with van der Waals surface area (Å²) < 4.78 is 11.5. The van der Waals surface area contributed by atoms with Gasteiger partial charge in [0.05, 0.1) is 24.8 Å². The molecule has 2 rings (SSSR count). The zero-order chi connectivity index (χ0) is 16.5. The van der Waals surface area contributed by atoms with Crippen molar-refractivity contribution in [2.24, 2.45) is 4.99 Å². The van der Waals surface area contributed by atoms with Gasteiger partial charge in [0.25, 0.3) is 0 Å². The molecule has 0 aromatic heterocycles. The molecule has 1 aromatic carbocycles. The lowest BCUT2D eigenvalue weighted by atomic mass is 10.2. The van der Waals surface area contributed by atoms with E-state index in [0.29, 0.717) is 6.54 Å². The fourth-order valence-corrected chi connectivity index (χ4v) is 2.97. The molecule has 6 nitrogen and oxygen atoms in total. The maximum absolute atomic E-state index is 5.35. The Labute approximate surface area is 146 Å². The van der Waals surface area contributed by atoms with Gasteiger partial charge in [-0.05, 0) is 33.6 Å². The number of hydrogen-bond acceptors (Lipinski definition) is 4. The van der Waals surface area contributed by atoms with Crippen molar-refractivity contribution in [1.29, 1.82) is 0 Å². The van der Waals surface area contributed by atoms with Gasteiger partial charge in [-0.2, -0.15) is 0 Å². The lowest BCUT2D eigenvalue weighted by Crippen LogP contribution is -2.44. The zero-order valence-corrected chi connectivity index (χ0v) is 15.4. The van der Waals surface area contributed by atoms with Crippen LogP contribution in [0.15, 0.2) is 27.7 Å². The minimum Gasteiger partial charge on any atom is -0.496 e. The van der Waals surface area contributed by atoms with E-state index in [1.165, 1.54) is 0 Å². The van der Waals surface area contributed by atoms with Gasteiger partial charge in [0.15, 0.2) is 5.96 Å². The third-order valence-electron chi connectivity index (χ3n) is 3.72. The fourth-order valence-electron chi connectivity index (χ4n) is 2.38. The molecule has 2 N–H and O–H groups in total. The van der Waals surface area contributed by atoms with Crippen LogP contribution in [0.3, 0.4) is 0 Å². The molecule has 1 aliphatic rings. The molecule has 0 unspecified atom stereocenters. The van der Waals surface area contributed by atoms with Gasteiger partial charge in [-0.25, -0.2) is 0 Å². The number of aliphatic imine (C=N–C) groups is 1. The van der Waals surface area contributed by atoms with E-state index < -0.39 is 0 Å². The van der Waals surface area contributed by atoms with Gasteiger partial charge in [0, 0.05) is 39.8 Å². The molecule has 1 heterocycles. The van der Waals surface area contributed by atoms with Gasteiger partial charge in [-0.3, -0.25) is 9.89 Å². The topological polar surface area (TPSA) is 58.1 Å². The number of hydrogen-bond donors (Lipinski definition) is 2. The molecule has 0 aliphatic carbocycles. The molecular weight excluding hydrogens is 360 g/mol. The standard InChI is InChI=1S/C16H25BrN4O2/c1-18-16(19-5-6-21-7-9-23-10-8-21)20-12-13-3-4-15(22-2)14(17)11-13/h3-4,11H,5-10,12H2,1-2H3,(H2,18,19,20). The van der Waals surface area contributed by atoms with E-state index in [0.717, 1.165) is 61.1 Å². The number of rotatable bonds is 6. The van der Waals surface area contributed by atoms with Crippen LogP contribution in [0.5, 0.6) is 5.75 Å². The molecule has 1 aliphatic heterocycles. The minimum atomic E-state index is 0.708. The monoisotopic (exact) mass is 384 g/mol. The molecule has 1 saturated heterocycles. The number of benzene rings is 1. The molecule has 1 aromatic rings. The quantitative estimate of drug-likeness (QED) is 0.574. The molecule has 0 amide bonds. The van der Waals surface area contributed by atoms with Crippen LogP contribution in [0.2, 0.25) is 0 Å². The first kappa shape index (κ1) is 18.0. The lowest BCUT2D eigenvalue weighted by molar-refractivity contribution is 0.0389. The summed E-state index contributed by atoms with van der Waals surface area (Å²) in [5.41, 5.74) is 1.16. The highest BCUT2D eigenvalue weighted by Crippen LogP contribution is 2.25. The summed E-state index contributed by atoms with van der Waals surface area (Å²) in [4.78, 5) is 6.65. The first-order chi connectivity index (χ1) is 11.2. The van der Waals surface area contributed by atoms with Crippen molar-refractivity contribution in [2.75, 3.05) is 53.6 Å². The van der Waals surface area contributed by atoms with E-state index in [1.54, 1.807) is 14.2 Å². The number of ether oxygens (including phenoxy) is 2. The molecule has 1 fully saturated rings. The molecule has 0 radical (unpaired) electrons. The Bertz CT molecular complexity index is 519. The number of methoxy groups -OCH3 is 1. The Hall–Kier alpha value is -1.31. The fraction of sp³-hybridized carbons (Fsp3) is 0.562. The highest BCUT2D eigenvalue weighted by atomic mass is 79.9. The Morgan fingerprint density at radius 2 is 2.13 bits per heavy atom. The summed E-state index contributed by atoms with van der Waals surface area (Å²) in [5, 5.41) is 6.67. The first-order valence-electron chi connectivity index (χ1n) is 7.80. The van der Waals surface area contributed by atoms with Gasteiger partial charge >= 0.3 is 0 Å². The van der Waals surface area contributed by atoms with Crippen LogP contribution < -0.4 is 15.4 Å². The van der Waals surface area contributed by atoms with Crippen molar-refractivity contribution in [1.82, 2.24) is 15.5 Å². The second-order valence-corrected chi connectivity index (χ2v) is 6.13. The van der Waals surface area contributed by atoms with E-state index >= 15 is 0 Å². The second-order valence-electron chi connectivity index (χ2n) is 5.28. The summed E-state index contributed by atoms with van der Waals surface area (Å²) >= 11 is 3.50. The van der Waals surface area contributed by atoms with Crippen molar-refractivity contribution >= 4 is 21.9 Å². The highest BCUT2D eigenvalue weighted by molar-refractivity contribution is 9.10. The molecular formula is C16H25BrN4O2. The average Bonchev–Trinajstić information content (AvgIpc) is 2.59. The van der Waals surface area contributed by atoms with Crippen LogP contribution in [0.25, 0.3) is 0 Å². The Balaban J connectivity index is 1.73. The van der Waals surface area contributed by atoms with Crippen molar-refractivity contribution in [3.05, 3.63) is 28.2 Å². The second kappa shape index (κ2) is 9.75. The van der Waals surface area contributed by atoms with E-state index in [2.05, 4.69) is 36.5 Å². The Morgan fingerprint density at radius 3 is 2.78 bits per heavy atom. The van der Waals surface area contributed by atoms with Crippen molar-refractivity contribution in [3.63, 3.8) is 0 Å². The van der Waals surface area contributed by atoms with Crippen LogP contribution in [0.4, 0.5) is 0 Å². The van der Waals surface area contributed by atoms with Crippen molar-refractivity contribution in [2.45, 2.75) is 6.54 Å². The van der Waals surface area contributed by atoms with Gasteiger partial charge < -0.3 is 20.1 Å². The Morgan fingerprint density at radius 1 is 1.35 bits per heavy atom. The largest absolute Gasteiger partial charge is 0.496 e. The summed E-state index contributed by atoms with van der Waals surface area (Å²) in [7, 11) is 3.45. The summed E-state index contributed by atoms with van der Waals surface area (Å²) in [6.07, 6.45) is 0. The van der Waals surface area contributed by atoms with Crippen LogP contribution in [-0.4, -0.2) is 64.4 Å². The summed E-state index contributed by atoms with van der Waals surface area (Å²) in [5.74, 6) is 1.65. The van der Waals surface area contributed by atoms with Crippen LogP contribution in [0, 0.1) is 0 Å². The van der Waals surface area contributed by atoms with E-state index in [9.17, 15) is 0 Å². The summed E-state index contributed by atoms with van der Waals surface area (Å²) in [6, 6.07) is 6.04. The van der Waals surface area contributed by atoms with E-state index in [-0.39, 0.29) is 0 Å². The molecule has 0 saturated carbocycles. The van der Waals surface area contributed by atoms with Crippen LogP contribution >= 0.6 is 15.9 Å². The highest BCUT2D eigenvalue weighted by Gasteiger charge is 2.09. The molecule has 23 heavy (non-hydrogen) atoms. The average molecular weight is 385 g/mol. The normalized spacial score (nSPS) is 16.2. The van der Waals surface area contributed by atoms with Crippen molar-refractivity contribution < 1.29 is 9.47 Å². The third kappa shape index (κ3) is 6.01. The number of morpholine rings is 1. The van der Waals surface area contributed by atoms with Crippen LogP contribution in [-0.2, 0) is 11.3 Å². The number of nitrogens with one attached hydrogen (secondary N) is 2. The van der Waals surface area contributed by atoms with Gasteiger partial charge in [0.1, 0.15) is 5.75 Å². The molecule has 0 spiro atoms. The SMILES string of the molecule is CN=C(NCCN1CCOCC1)NCc1ccc(OC)c(Br)c1. The molecule has 0 bridgehead atoms. The lowest BCUT2D eigenvalue weighted by Gasteiger charge is -2.26. The zero-order valence-electron chi connectivity index (χ0n) is 13.8. The third-order valence-corrected chi connectivity index (χ3v) is 4.34. The Kier molecular flexibility index (Phi) is 7.64. The molecule has 7 heteroatoms. The van der Waals surface area contributed by atoms with Gasteiger partial charge in [-0.15, -0.1) is 0 Å². The van der Waals surface area contributed by atoms with Crippen LogP contribution in [0.1, 0.15) is 5.56 Å². The molecule has 0 atom stereocenters.